The van der Waals surface area contributed by atoms with Crippen LogP contribution in [-0.2, 0) is 9.59 Å². The van der Waals surface area contributed by atoms with E-state index in [-0.39, 0.29) is 10.7 Å². The van der Waals surface area contributed by atoms with Crippen LogP contribution in [-0.4, -0.2) is 27.1 Å². The first kappa shape index (κ1) is 18.9. The molecule has 2 aromatic rings. The Balaban J connectivity index is 1.85. The number of hydrogen-bond acceptors (Lipinski definition) is 6. The molecule has 0 spiro atoms. The summed E-state index contributed by atoms with van der Waals surface area (Å²) in [5, 5.41) is 11.2. The lowest BCUT2D eigenvalue weighted by Crippen LogP contribution is -2.49. The predicted molar refractivity (Wildman–Crippen MR) is 106 cm³/mol. The van der Waals surface area contributed by atoms with Crippen molar-refractivity contribution in [2.75, 3.05) is 0 Å². The molecule has 1 saturated heterocycles. The topological polar surface area (TPSA) is 73.6 Å². The number of hydrogen-bond donors (Lipinski definition) is 0. The number of rotatable bonds is 5. The molecule has 26 heavy (non-hydrogen) atoms. The highest BCUT2D eigenvalue weighted by Crippen LogP contribution is 2.35. The zero-order valence-electron chi connectivity index (χ0n) is 13.6. The molecule has 1 atom stereocenters. The number of furan rings is 1. The zero-order valence-corrected chi connectivity index (χ0v) is 16.8. The summed E-state index contributed by atoms with van der Waals surface area (Å²) in [7, 11) is 0. The molecule has 2 heterocycles. The van der Waals surface area contributed by atoms with Gasteiger partial charge in [0.1, 0.15) is 15.8 Å². The van der Waals surface area contributed by atoms with Gasteiger partial charge in [-0.05, 0) is 30.7 Å². The van der Waals surface area contributed by atoms with Gasteiger partial charge in [0.2, 0.25) is 0 Å². The molecule has 0 N–H and O–H groups in total. The highest BCUT2D eigenvalue weighted by Gasteiger charge is 2.37. The first-order valence-electron chi connectivity index (χ1n) is 7.74. The molecular weight excluding hydrogens is 438 g/mol. The van der Waals surface area contributed by atoms with Gasteiger partial charge in [-0.1, -0.05) is 59.0 Å². The van der Waals surface area contributed by atoms with E-state index in [1.165, 1.54) is 0 Å². The fraction of sp³-hybridized carbons (Fsp3) is 0.167. The number of amides is 1. The standard InChI is InChI=1S/C18H14BrNO4S2/c1-2-13(17(22)23)20-16(21)15(26-18(20)25)9-12-7-8-14(24-12)10-3-5-11(19)6-4-10/h3-9,13H,2H2,1H3,(H,22,23)/p-1/b15-9+/t13-/m1/s1. The number of benzene rings is 1. The summed E-state index contributed by atoms with van der Waals surface area (Å²) in [6.45, 7) is 1.67. The summed E-state index contributed by atoms with van der Waals surface area (Å²) in [4.78, 5) is 25.2. The van der Waals surface area contributed by atoms with Crippen molar-refractivity contribution in [2.45, 2.75) is 19.4 Å². The summed E-state index contributed by atoms with van der Waals surface area (Å²) >= 11 is 9.61. The largest absolute Gasteiger partial charge is 0.548 e. The normalized spacial score (nSPS) is 17.2. The van der Waals surface area contributed by atoms with E-state index in [0.717, 1.165) is 26.7 Å². The van der Waals surface area contributed by atoms with Crippen molar-refractivity contribution in [3.8, 4) is 11.3 Å². The molecule has 1 aromatic heterocycles. The van der Waals surface area contributed by atoms with Gasteiger partial charge < -0.3 is 14.3 Å². The van der Waals surface area contributed by atoms with E-state index in [1.807, 2.05) is 30.3 Å². The second-order valence-electron chi connectivity index (χ2n) is 5.50. The second-order valence-corrected chi connectivity index (χ2v) is 8.10. The highest BCUT2D eigenvalue weighted by atomic mass is 79.9. The molecule has 134 valence electrons. The summed E-state index contributed by atoms with van der Waals surface area (Å²) in [5.74, 6) is -0.608. The number of aliphatic carboxylic acids is 1. The van der Waals surface area contributed by atoms with Gasteiger partial charge in [-0.15, -0.1) is 0 Å². The van der Waals surface area contributed by atoms with Crippen molar-refractivity contribution in [3.05, 3.63) is 51.5 Å². The van der Waals surface area contributed by atoms with Crippen LogP contribution < -0.4 is 5.11 Å². The van der Waals surface area contributed by atoms with Crippen molar-refractivity contribution in [1.29, 1.82) is 0 Å². The minimum atomic E-state index is -1.32. The maximum atomic E-state index is 12.6. The third-order valence-corrected chi connectivity index (χ3v) is 5.68. The number of carbonyl (C=O) groups excluding carboxylic acids is 2. The van der Waals surface area contributed by atoms with Crippen LogP contribution >= 0.6 is 39.9 Å². The van der Waals surface area contributed by atoms with Crippen LogP contribution in [0.15, 0.2) is 50.2 Å². The highest BCUT2D eigenvalue weighted by molar-refractivity contribution is 9.10. The molecule has 0 aliphatic carbocycles. The van der Waals surface area contributed by atoms with Crippen LogP contribution in [0.1, 0.15) is 19.1 Å². The molecule has 1 fully saturated rings. The average molecular weight is 451 g/mol. The Labute approximate surface area is 168 Å². The third kappa shape index (κ3) is 3.77. The van der Waals surface area contributed by atoms with Crippen LogP contribution in [0.2, 0.25) is 0 Å². The number of carboxylic acid groups (broad SMARTS) is 1. The Morgan fingerprint density at radius 3 is 2.65 bits per heavy atom. The Morgan fingerprint density at radius 2 is 2.04 bits per heavy atom. The number of nitrogens with zero attached hydrogens (tertiary/aromatic N) is 1. The Hall–Kier alpha value is -1.90. The Kier molecular flexibility index (Phi) is 5.64. The molecule has 1 aliphatic heterocycles. The fourth-order valence-electron chi connectivity index (χ4n) is 2.53. The van der Waals surface area contributed by atoms with Gasteiger partial charge in [0, 0.05) is 16.1 Å². The summed E-state index contributed by atoms with van der Waals surface area (Å²) < 4.78 is 6.95. The molecule has 8 heteroatoms. The van der Waals surface area contributed by atoms with E-state index in [2.05, 4.69) is 15.9 Å². The molecule has 0 bridgehead atoms. The maximum Gasteiger partial charge on any atom is 0.266 e. The molecule has 5 nitrogen and oxygen atoms in total. The van der Waals surface area contributed by atoms with Gasteiger partial charge in [-0.3, -0.25) is 9.69 Å². The molecule has 0 unspecified atom stereocenters. The molecule has 3 rings (SSSR count). The fourth-order valence-corrected chi connectivity index (χ4v) is 4.13. The van der Waals surface area contributed by atoms with E-state index in [1.54, 1.807) is 19.1 Å². The van der Waals surface area contributed by atoms with Crippen molar-refractivity contribution >= 4 is 62.2 Å². The predicted octanol–water partition coefficient (Wildman–Crippen LogP) is 3.44. The van der Waals surface area contributed by atoms with Crippen LogP contribution in [0, 0.1) is 0 Å². The second kappa shape index (κ2) is 7.77. The molecule has 0 radical (unpaired) electrons. The van der Waals surface area contributed by atoms with E-state index < -0.39 is 17.9 Å². The Bertz CT molecular complexity index is 904. The maximum absolute atomic E-state index is 12.6. The Morgan fingerprint density at radius 1 is 1.35 bits per heavy atom. The quantitative estimate of drug-likeness (QED) is 0.512. The first-order valence-corrected chi connectivity index (χ1v) is 9.76. The van der Waals surface area contributed by atoms with Gasteiger partial charge in [0.25, 0.3) is 5.91 Å². The molecule has 1 aromatic carbocycles. The van der Waals surface area contributed by atoms with E-state index in [0.29, 0.717) is 16.4 Å². The number of carboxylic acids is 1. The van der Waals surface area contributed by atoms with Crippen molar-refractivity contribution in [3.63, 3.8) is 0 Å². The summed E-state index contributed by atoms with van der Waals surface area (Å²) in [6, 6.07) is 10.1. The van der Waals surface area contributed by atoms with Crippen LogP contribution in [0.5, 0.6) is 0 Å². The van der Waals surface area contributed by atoms with Crippen molar-refractivity contribution < 1.29 is 19.1 Å². The monoisotopic (exact) mass is 450 g/mol. The number of thioether (sulfide) groups is 1. The first-order chi connectivity index (χ1) is 12.4. The van der Waals surface area contributed by atoms with E-state index in [9.17, 15) is 14.7 Å². The molecule has 0 saturated carbocycles. The SMILES string of the molecule is CC[C@H](C(=O)[O-])N1C(=O)/C(=C\c2ccc(-c3ccc(Br)cc3)o2)SC1=S. The minimum absolute atomic E-state index is 0.206. The minimum Gasteiger partial charge on any atom is -0.548 e. The van der Waals surface area contributed by atoms with Crippen molar-refractivity contribution in [2.24, 2.45) is 0 Å². The van der Waals surface area contributed by atoms with Crippen LogP contribution in [0.3, 0.4) is 0 Å². The number of halogens is 1. The molecule has 1 aliphatic rings. The van der Waals surface area contributed by atoms with Crippen LogP contribution in [0.4, 0.5) is 0 Å². The summed E-state index contributed by atoms with van der Waals surface area (Å²) in [6.07, 6.45) is 1.79. The number of thiocarbonyl (C=S) groups is 1. The van der Waals surface area contributed by atoms with Gasteiger partial charge in [-0.25, -0.2) is 0 Å². The van der Waals surface area contributed by atoms with Gasteiger partial charge >= 0.3 is 0 Å². The van der Waals surface area contributed by atoms with Gasteiger partial charge in [0.05, 0.1) is 16.9 Å². The lowest BCUT2D eigenvalue weighted by atomic mass is 10.2. The van der Waals surface area contributed by atoms with E-state index >= 15 is 0 Å². The van der Waals surface area contributed by atoms with E-state index in [4.69, 9.17) is 16.6 Å². The molecular formula is C18H13BrNO4S2-. The van der Waals surface area contributed by atoms with Crippen molar-refractivity contribution in [1.82, 2.24) is 4.90 Å². The van der Waals surface area contributed by atoms with Gasteiger partial charge in [-0.2, -0.15) is 0 Å². The summed E-state index contributed by atoms with van der Waals surface area (Å²) in [5.41, 5.74) is 0.906. The number of carbonyl (C=O) groups is 2. The lowest BCUT2D eigenvalue weighted by molar-refractivity contribution is -0.310. The smallest absolute Gasteiger partial charge is 0.266 e. The lowest BCUT2D eigenvalue weighted by Gasteiger charge is -2.26. The third-order valence-electron chi connectivity index (χ3n) is 3.82. The van der Waals surface area contributed by atoms with Gasteiger partial charge in [0.15, 0.2) is 0 Å². The average Bonchev–Trinajstić information content (AvgIpc) is 3.16. The molecule has 1 amide bonds. The van der Waals surface area contributed by atoms with Crippen LogP contribution in [0.25, 0.3) is 17.4 Å². The zero-order chi connectivity index (χ0) is 18.8.